The lowest BCUT2D eigenvalue weighted by Crippen LogP contribution is -2.30. The monoisotopic (exact) mass is 981 g/mol. The van der Waals surface area contributed by atoms with Gasteiger partial charge < -0.3 is 14.2 Å². The molecule has 0 saturated heterocycles. The van der Waals surface area contributed by atoms with Gasteiger partial charge >= 0.3 is 17.9 Å². The van der Waals surface area contributed by atoms with Gasteiger partial charge in [-0.1, -0.05) is 275 Å². The minimum atomic E-state index is -0.775. The quantitative estimate of drug-likeness (QED) is 0.0261. The van der Waals surface area contributed by atoms with E-state index in [1.165, 1.54) is 205 Å². The highest BCUT2D eigenvalue weighted by atomic mass is 16.6. The van der Waals surface area contributed by atoms with Crippen molar-refractivity contribution in [3.63, 3.8) is 0 Å². The number of esters is 3. The fourth-order valence-corrected chi connectivity index (χ4v) is 8.90. The maximum Gasteiger partial charge on any atom is 0.306 e. The standard InChI is InChI=1S/C64H116O6/c1-4-7-10-13-16-19-22-24-26-28-29-30-31-32-33-34-35-36-38-39-42-45-48-51-54-57-63(66)69-60-61(59-68-62(65)56-53-50-47-44-41-21-18-15-12-9-6-3)70-64(67)58-55-52-49-46-43-40-37-27-25-23-20-17-14-11-8-5-2/h15,18,22,24,28-29,31-32,61H,4-14,16-17,19-21,23,25-27,30,33-60H2,1-3H3/b18-15-,24-22-,29-28-,32-31-. The second-order valence-corrected chi connectivity index (χ2v) is 20.6. The summed E-state index contributed by atoms with van der Waals surface area (Å²) in [6, 6.07) is 0. The van der Waals surface area contributed by atoms with E-state index in [0.717, 1.165) is 77.0 Å². The number of rotatable bonds is 56. The number of unbranched alkanes of at least 4 members (excludes halogenated alkanes) is 37. The number of ether oxygens (including phenoxy) is 3. The Bertz CT molecular complexity index is 1220. The number of hydrogen-bond donors (Lipinski definition) is 0. The van der Waals surface area contributed by atoms with Crippen molar-refractivity contribution in [2.45, 2.75) is 329 Å². The first-order chi connectivity index (χ1) is 34.5. The molecule has 0 bridgehead atoms. The van der Waals surface area contributed by atoms with Crippen LogP contribution in [-0.2, 0) is 28.6 Å². The van der Waals surface area contributed by atoms with Crippen molar-refractivity contribution in [2.24, 2.45) is 0 Å². The van der Waals surface area contributed by atoms with Crippen molar-refractivity contribution >= 4 is 17.9 Å². The van der Waals surface area contributed by atoms with Crippen molar-refractivity contribution in [1.29, 1.82) is 0 Å². The number of allylic oxidation sites excluding steroid dienone is 8. The summed E-state index contributed by atoms with van der Waals surface area (Å²) >= 11 is 0. The van der Waals surface area contributed by atoms with E-state index in [0.29, 0.717) is 19.3 Å². The lowest BCUT2D eigenvalue weighted by molar-refractivity contribution is -0.167. The zero-order valence-corrected chi connectivity index (χ0v) is 46.8. The molecule has 0 aromatic heterocycles. The molecular weight excluding hydrogens is 865 g/mol. The molecule has 0 saturated carbocycles. The predicted molar refractivity (Wildman–Crippen MR) is 302 cm³/mol. The Balaban J connectivity index is 4.24. The molecule has 0 aliphatic heterocycles. The average molecular weight is 982 g/mol. The van der Waals surface area contributed by atoms with Gasteiger partial charge in [0.2, 0.25) is 0 Å². The van der Waals surface area contributed by atoms with Gasteiger partial charge in [-0.15, -0.1) is 0 Å². The minimum Gasteiger partial charge on any atom is -0.462 e. The van der Waals surface area contributed by atoms with Crippen LogP contribution in [0.15, 0.2) is 48.6 Å². The van der Waals surface area contributed by atoms with Crippen LogP contribution in [-0.4, -0.2) is 37.2 Å². The summed E-state index contributed by atoms with van der Waals surface area (Å²) in [6.07, 6.45) is 72.6. The molecule has 0 aromatic carbocycles. The van der Waals surface area contributed by atoms with E-state index in [4.69, 9.17) is 14.2 Å². The Morgan fingerprint density at radius 3 is 0.857 bits per heavy atom. The summed E-state index contributed by atoms with van der Waals surface area (Å²) in [5.41, 5.74) is 0. The summed E-state index contributed by atoms with van der Waals surface area (Å²) in [5.74, 6) is -0.871. The topological polar surface area (TPSA) is 78.9 Å². The number of hydrogen-bond acceptors (Lipinski definition) is 6. The molecule has 0 aromatic rings. The SMILES string of the molecule is CCCC/C=C\CCCCCCCC(=O)OCC(COC(=O)CCCCCCCCCCCC/C=C\C/C=C\C/C=C\CCCCCCC)OC(=O)CCCCCCCCCCCCCCCCCC. The largest absolute Gasteiger partial charge is 0.462 e. The van der Waals surface area contributed by atoms with Gasteiger partial charge in [0.15, 0.2) is 6.10 Å². The predicted octanol–water partition coefficient (Wildman–Crippen LogP) is 20.6. The van der Waals surface area contributed by atoms with Gasteiger partial charge in [-0.05, 0) is 77.0 Å². The van der Waals surface area contributed by atoms with Crippen LogP contribution >= 0.6 is 0 Å². The van der Waals surface area contributed by atoms with Gasteiger partial charge in [0.1, 0.15) is 13.2 Å². The molecule has 1 unspecified atom stereocenters. The fraction of sp³-hybridized carbons (Fsp3) is 0.828. The van der Waals surface area contributed by atoms with E-state index < -0.39 is 6.10 Å². The fourth-order valence-electron chi connectivity index (χ4n) is 8.90. The Morgan fingerprint density at radius 2 is 0.529 bits per heavy atom. The molecule has 0 aliphatic rings. The Labute approximate surface area is 435 Å². The summed E-state index contributed by atoms with van der Waals surface area (Å²) < 4.78 is 16.9. The highest BCUT2D eigenvalue weighted by Gasteiger charge is 2.19. The molecule has 0 radical (unpaired) electrons. The van der Waals surface area contributed by atoms with Gasteiger partial charge in [0.25, 0.3) is 0 Å². The number of carbonyl (C=O) groups is 3. The summed E-state index contributed by atoms with van der Waals surface area (Å²) in [5, 5.41) is 0. The lowest BCUT2D eigenvalue weighted by atomic mass is 10.0. The lowest BCUT2D eigenvalue weighted by Gasteiger charge is -2.18. The summed E-state index contributed by atoms with van der Waals surface area (Å²) in [7, 11) is 0. The number of carbonyl (C=O) groups excluding carboxylic acids is 3. The van der Waals surface area contributed by atoms with Crippen molar-refractivity contribution in [3.8, 4) is 0 Å². The minimum absolute atomic E-state index is 0.0746. The Kier molecular flexibility index (Phi) is 56.7. The summed E-state index contributed by atoms with van der Waals surface area (Å²) in [4.78, 5) is 38.2. The normalized spacial score (nSPS) is 12.3. The Hall–Kier alpha value is -2.63. The molecule has 1 atom stereocenters. The van der Waals surface area contributed by atoms with Crippen molar-refractivity contribution in [1.82, 2.24) is 0 Å². The van der Waals surface area contributed by atoms with Crippen LogP contribution in [0.3, 0.4) is 0 Å². The van der Waals surface area contributed by atoms with Crippen molar-refractivity contribution in [3.05, 3.63) is 48.6 Å². The van der Waals surface area contributed by atoms with Gasteiger partial charge in [-0.25, -0.2) is 0 Å². The molecule has 6 heteroatoms. The molecule has 0 amide bonds. The van der Waals surface area contributed by atoms with E-state index in [9.17, 15) is 14.4 Å². The molecule has 408 valence electrons. The van der Waals surface area contributed by atoms with Gasteiger partial charge in [-0.3, -0.25) is 14.4 Å². The zero-order valence-electron chi connectivity index (χ0n) is 46.8. The van der Waals surface area contributed by atoms with Gasteiger partial charge in [0.05, 0.1) is 0 Å². The maximum absolute atomic E-state index is 12.9. The van der Waals surface area contributed by atoms with E-state index >= 15 is 0 Å². The maximum atomic E-state index is 12.9. The molecular formula is C64H116O6. The second-order valence-electron chi connectivity index (χ2n) is 20.6. The van der Waals surface area contributed by atoms with Crippen LogP contribution < -0.4 is 0 Å². The zero-order chi connectivity index (χ0) is 50.7. The molecule has 0 rings (SSSR count). The molecule has 6 nitrogen and oxygen atoms in total. The first-order valence-corrected chi connectivity index (χ1v) is 30.6. The van der Waals surface area contributed by atoms with E-state index in [1.54, 1.807) is 0 Å². The van der Waals surface area contributed by atoms with E-state index in [1.807, 2.05) is 0 Å². The second kappa shape index (κ2) is 58.9. The van der Waals surface area contributed by atoms with Crippen LogP contribution in [0.1, 0.15) is 323 Å². The third kappa shape index (κ3) is 56.3. The third-order valence-corrected chi connectivity index (χ3v) is 13.6. The van der Waals surface area contributed by atoms with Gasteiger partial charge in [0, 0.05) is 19.3 Å². The molecule has 0 N–H and O–H groups in total. The average Bonchev–Trinajstić information content (AvgIpc) is 3.36. The van der Waals surface area contributed by atoms with E-state index in [2.05, 4.69) is 69.4 Å². The van der Waals surface area contributed by atoms with Crippen LogP contribution in [0.25, 0.3) is 0 Å². The first kappa shape index (κ1) is 67.4. The molecule has 0 spiro atoms. The Morgan fingerprint density at radius 1 is 0.286 bits per heavy atom. The van der Waals surface area contributed by atoms with Crippen LogP contribution in [0.2, 0.25) is 0 Å². The third-order valence-electron chi connectivity index (χ3n) is 13.6. The highest BCUT2D eigenvalue weighted by Crippen LogP contribution is 2.17. The van der Waals surface area contributed by atoms with Crippen LogP contribution in [0.4, 0.5) is 0 Å². The molecule has 0 aliphatic carbocycles. The first-order valence-electron chi connectivity index (χ1n) is 30.6. The van der Waals surface area contributed by atoms with Crippen LogP contribution in [0.5, 0.6) is 0 Å². The van der Waals surface area contributed by atoms with Crippen molar-refractivity contribution in [2.75, 3.05) is 13.2 Å². The highest BCUT2D eigenvalue weighted by molar-refractivity contribution is 5.71. The molecule has 70 heavy (non-hydrogen) atoms. The van der Waals surface area contributed by atoms with Crippen LogP contribution in [0, 0.1) is 0 Å². The van der Waals surface area contributed by atoms with Crippen molar-refractivity contribution < 1.29 is 28.6 Å². The smallest absolute Gasteiger partial charge is 0.306 e. The molecule has 0 heterocycles. The molecule has 0 fully saturated rings. The van der Waals surface area contributed by atoms with E-state index in [-0.39, 0.29) is 31.1 Å². The van der Waals surface area contributed by atoms with Gasteiger partial charge in [-0.2, -0.15) is 0 Å². The summed E-state index contributed by atoms with van der Waals surface area (Å²) in [6.45, 7) is 6.62.